The minimum absolute atomic E-state index is 0.152. The van der Waals surface area contributed by atoms with E-state index in [4.69, 9.17) is 0 Å². The van der Waals surface area contributed by atoms with E-state index in [1.807, 2.05) is 35.4 Å². The molecular weight excluding hydrogens is 360 g/mol. The molecule has 0 radical (unpaired) electrons. The van der Waals surface area contributed by atoms with Crippen LogP contribution in [0.5, 0.6) is 0 Å². The first-order valence-corrected chi connectivity index (χ1v) is 10.7. The number of hydrazine groups is 1. The van der Waals surface area contributed by atoms with Crippen molar-refractivity contribution in [2.24, 2.45) is 11.8 Å². The number of para-hydroxylation sites is 1. The van der Waals surface area contributed by atoms with Gasteiger partial charge in [0.2, 0.25) is 0 Å². The lowest BCUT2D eigenvalue weighted by Crippen LogP contribution is -2.46. The molecule has 2 atom stereocenters. The maximum Gasteiger partial charge on any atom is 0.256 e. The molecule has 5 heteroatoms. The summed E-state index contributed by atoms with van der Waals surface area (Å²) in [5.74, 6) is 1.35. The first-order chi connectivity index (χ1) is 14.3. The molecule has 0 saturated carbocycles. The van der Waals surface area contributed by atoms with Crippen molar-refractivity contribution >= 4 is 16.8 Å². The van der Waals surface area contributed by atoms with Crippen molar-refractivity contribution in [2.45, 2.75) is 25.3 Å². The van der Waals surface area contributed by atoms with Gasteiger partial charge in [0.15, 0.2) is 0 Å². The summed E-state index contributed by atoms with van der Waals surface area (Å²) in [6.07, 6.45) is 5.06. The van der Waals surface area contributed by atoms with Gasteiger partial charge < -0.3 is 9.88 Å². The fraction of sp³-hybridized carbons (Fsp3) is 0.375. The van der Waals surface area contributed by atoms with Gasteiger partial charge in [0.05, 0.1) is 5.56 Å². The Morgan fingerprint density at radius 1 is 1.00 bits per heavy atom. The van der Waals surface area contributed by atoms with E-state index in [9.17, 15) is 4.79 Å². The Labute approximate surface area is 171 Å². The molecule has 2 aliphatic rings. The van der Waals surface area contributed by atoms with Crippen LogP contribution < -0.4 is 10.9 Å². The van der Waals surface area contributed by atoms with Crippen LogP contribution in [0, 0.1) is 11.8 Å². The van der Waals surface area contributed by atoms with Gasteiger partial charge >= 0.3 is 0 Å². The summed E-state index contributed by atoms with van der Waals surface area (Å²) < 4.78 is 0. The zero-order valence-corrected chi connectivity index (χ0v) is 16.6. The molecule has 2 unspecified atom stereocenters. The van der Waals surface area contributed by atoms with Crippen molar-refractivity contribution in [3.63, 3.8) is 0 Å². The number of fused-ring (bicyclic) bond motifs is 1. The Morgan fingerprint density at radius 3 is 2.59 bits per heavy atom. The molecule has 0 aliphatic carbocycles. The Hall–Kier alpha value is -2.63. The van der Waals surface area contributed by atoms with E-state index in [1.54, 1.807) is 0 Å². The Balaban J connectivity index is 1.22. The maximum absolute atomic E-state index is 13.1. The Morgan fingerprint density at radius 2 is 1.76 bits per heavy atom. The number of likely N-dealkylation sites (tertiary alicyclic amines) is 1. The van der Waals surface area contributed by atoms with Crippen LogP contribution in [0.15, 0.2) is 60.8 Å². The number of hydrogen-bond acceptors (Lipinski definition) is 3. The molecule has 2 aliphatic heterocycles. The first kappa shape index (κ1) is 18.4. The lowest BCUT2D eigenvalue weighted by atomic mass is 9.81. The van der Waals surface area contributed by atoms with Crippen molar-refractivity contribution in [3.05, 3.63) is 71.9 Å². The van der Waals surface area contributed by atoms with Crippen molar-refractivity contribution < 1.29 is 4.79 Å². The number of piperidine rings is 1. The summed E-state index contributed by atoms with van der Waals surface area (Å²) in [4.78, 5) is 18.3. The molecule has 5 rings (SSSR count). The second-order valence-electron chi connectivity index (χ2n) is 8.38. The molecule has 3 aromatic rings. The third-order valence-electron chi connectivity index (χ3n) is 6.64. The number of amides is 1. The molecule has 2 saturated heterocycles. The molecule has 1 aromatic heterocycles. The van der Waals surface area contributed by atoms with Gasteiger partial charge in [-0.1, -0.05) is 48.5 Å². The zero-order valence-electron chi connectivity index (χ0n) is 16.6. The number of rotatable bonds is 4. The molecular formula is C24H28N4O. The number of aromatic nitrogens is 1. The van der Waals surface area contributed by atoms with E-state index in [1.165, 1.54) is 5.56 Å². The quantitative estimate of drug-likeness (QED) is 0.642. The third-order valence-corrected chi connectivity index (χ3v) is 6.64. The smallest absolute Gasteiger partial charge is 0.256 e. The van der Waals surface area contributed by atoms with Crippen molar-refractivity contribution in [3.8, 4) is 0 Å². The van der Waals surface area contributed by atoms with Gasteiger partial charge in [0.25, 0.3) is 5.91 Å². The van der Waals surface area contributed by atoms with E-state index in [0.717, 1.165) is 55.4 Å². The van der Waals surface area contributed by atoms with Crippen LogP contribution in [0.2, 0.25) is 0 Å². The fourth-order valence-electron chi connectivity index (χ4n) is 5.05. The number of hydrogen-bond donors (Lipinski definition) is 3. The van der Waals surface area contributed by atoms with Gasteiger partial charge in [-0.15, -0.1) is 0 Å². The van der Waals surface area contributed by atoms with Gasteiger partial charge in [-0.05, 0) is 42.7 Å². The second kappa shape index (κ2) is 8.01. The molecule has 5 nitrogen and oxygen atoms in total. The average molecular weight is 389 g/mol. The number of carbonyl (C=O) groups is 1. The molecule has 29 heavy (non-hydrogen) atoms. The van der Waals surface area contributed by atoms with E-state index < -0.39 is 0 Å². The predicted molar refractivity (Wildman–Crippen MR) is 115 cm³/mol. The average Bonchev–Trinajstić information content (AvgIpc) is 3.41. The number of nitrogens with one attached hydrogen (secondary N) is 3. The van der Waals surface area contributed by atoms with Gasteiger partial charge in [-0.25, -0.2) is 0 Å². The highest BCUT2D eigenvalue weighted by molar-refractivity contribution is 6.06. The van der Waals surface area contributed by atoms with Crippen LogP contribution in [0.4, 0.5) is 0 Å². The lowest BCUT2D eigenvalue weighted by Gasteiger charge is -2.36. The highest BCUT2D eigenvalue weighted by Crippen LogP contribution is 2.30. The number of H-pyrrole nitrogens is 1. The molecule has 2 fully saturated rings. The molecule has 1 amide bonds. The number of aromatic amines is 1. The van der Waals surface area contributed by atoms with Crippen LogP contribution in [-0.4, -0.2) is 41.5 Å². The Bertz CT molecular complexity index is 975. The predicted octanol–water partition coefficient (Wildman–Crippen LogP) is 3.36. The van der Waals surface area contributed by atoms with Gasteiger partial charge in [-0.2, -0.15) is 0 Å². The summed E-state index contributed by atoms with van der Waals surface area (Å²) in [5.41, 5.74) is 10.1. The SMILES string of the molecule is O=C(c1c[nH]c2ccccc12)N1CCC(C2NNCC2Cc2ccccc2)CC1. The van der Waals surface area contributed by atoms with Crippen LogP contribution >= 0.6 is 0 Å². The fourth-order valence-corrected chi connectivity index (χ4v) is 5.05. The van der Waals surface area contributed by atoms with Crippen molar-refractivity contribution in [1.82, 2.24) is 20.7 Å². The molecule has 150 valence electrons. The van der Waals surface area contributed by atoms with E-state index >= 15 is 0 Å². The van der Waals surface area contributed by atoms with Crippen LogP contribution in [-0.2, 0) is 6.42 Å². The number of benzene rings is 2. The van der Waals surface area contributed by atoms with Gasteiger partial charge in [-0.3, -0.25) is 15.6 Å². The van der Waals surface area contributed by atoms with Gasteiger partial charge in [0.1, 0.15) is 0 Å². The highest BCUT2D eigenvalue weighted by atomic mass is 16.2. The maximum atomic E-state index is 13.1. The number of carbonyl (C=O) groups excluding carboxylic acids is 1. The standard InChI is InChI=1S/C24H28N4O/c29-24(21-16-25-22-9-5-4-8-20(21)22)28-12-10-18(11-13-28)23-19(15-26-27-23)14-17-6-2-1-3-7-17/h1-9,16,18-19,23,25-27H,10-15H2. The number of nitrogens with zero attached hydrogens (tertiary/aromatic N) is 1. The summed E-state index contributed by atoms with van der Waals surface area (Å²) in [6.45, 7) is 2.67. The topological polar surface area (TPSA) is 60.2 Å². The van der Waals surface area contributed by atoms with E-state index in [2.05, 4.69) is 46.2 Å². The van der Waals surface area contributed by atoms with Crippen LogP contribution in [0.25, 0.3) is 10.9 Å². The normalized spacial score (nSPS) is 23.0. The van der Waals surface area contributed by atoms with Gasteiger partial charge in [0, 0.05) is 42.8 Å². The summed E-state index contributed by atoms with van der Waals surface area (Å²) >= 11 is 0. The van der Waals surface area contributed by atoms with Crippen LogP contribution in [0.1, 0.15) is 28.8 Å². The minimum Gasteiger partial charge on any atom is -0.360 e. The minimum atomic E-state index is 0.152. The molecule has 3 heterocycles. The van der Waals surface area contributed by atoms with Crippen molar-refractivity contribution in [1.29, 1.82) is 0 Å². The summed E-state index contributed by atoms with van der Waals surface area (Å²) in [6, 6.07) is 19.3. The highest BCUT2D eigenvalue weighted by Gasteiger charge is 2.36. The second-order valence-corrected chi connectivity index (χ2v) is 8.38. The molecule has 2 aromatic carbocycles. The Kier molecular flexibility index (Phi) is 5.08. The third kappa shape index (κ3) is 3.68. The monoisotopic (exact) mass is 388 g/mol. The van der Waals surface area contributed by atoms with Crippen LogP contribution in [0.3, 0.4) is 0 Å². The largest absolute Gasteiger partial charge is 0.360 e. The van der Waals surface area contributed by atoms with E-state index in [-0.39, 0.29) is 5.91 Å². The molecule has 0 bridgehead atoms. The first-order valence-electron chi connectivity index (χ1n) is 10.7. The summed E-state index contributed by atoms with van der Waals surface area (Å²) in [7, 11) is 0. The lowest BCUT2D eigenvalue weighted by molar-refractivity contribution is 0.0665. The zero-order chi connectivity index (χ0) is 19.6. The van der Waals surface area contributed by atoms with E-state index in [0.29, 0.717) is 17.9 Å². The molecule has 0 spiro atoms. The summed E-state index contributed by atoms with van der Waals surface area (Å²) in [5, 5.41) is 1.02. The molecule has 3 N–H and O–H groups in total. The van der Waals surface area contributed by atoms with Crippen molar-refractivity contribution in [2.75, 3.05) is 19.6 Å².